The molecule has 7 nitrogen and oxygen atoms in total. The summed E-state index contributed by atoms with van der Waals surface area (Å²) >= 11 is 0. The molecule has 0 saturated carbocycles. The van der Waals surface area contributed by atoms with Gasteiger partial charge in [0.2, 0.25) is 0 Å². The van der Waals surface area contributed by atoms with Crippen LogP contribution in [0.1, 0.15) is 50.2 Å². The van der Waals surface area contributed by atoms with Crippen LogP contribution in [0.5, 0.6) is 23.0 Å². The number of aryl methyl sites for hydroxylation is 1. The molecule has 0 spiro atoms. The lowest BCUT2D eigenvalue weighted by atomic mass is 9.91. The molecule has 0 fully saturated rings. The topological polar surface area (TPSA) is 115 Å². The van der Waals surface area contributed by atoms with Crippen LogP contribution in [0.3, 0.4) is 0 Å². The third-order valence-corrected chi connectivity index (χ3v) is 7.72. The first-order chi connectivity index (χ1) is 23.6. The van der Waals surface area contributed by atoms with Gasteiger partial charge < -0.3 is 36.1 Å². The summed E-state index contributed by atoms with van der Waals surface area (Å²) in [5.41, 5.74) is 21.0. The first-order valence-corrected chi connectivity index (χ1v) is 16.9. The maximum Gasteiger partial charge on any atom is 0.416 e. The number of rotatable bonds is 19. The molecule has 0 aliphatic rings. The third-order valence-electron chi connectivity index (χ3n) is 7.72. The van der Waals surface area contributed by atoms with E-state index in [1.165, 1.54) is 6.07 Å². The van der Waals surface area contributed by atoms with Gasteiger partial charge >= 0.3 is 6.18 Å². The predicted octanol–water partition coefficient (Wildman–Crippen LogP) is 8.38. The molecule has 4 rings (SSSR count). The average molecular weight is 680 g/mol. The highest BCUT2D eigenvalue weighted by atomic mass is 19.4. The zero-order valence-corrected chi connectivity index (χ0v) is 28.4. The van der Waals surface area contributed by atoms with Crippen LogP contribution in [0.2, 0.25) is 0 Å². The summed E-state index contributed by atoms with van der Waals surface area (Å²) in [6.07, 6.45) is -0.588. The molecular weight excluding hydrogens is 631 g/mol. The highest BCUT2D eigenvalue weighted by Gasteiger charge is 2.31. The Balaban J connectivity index is 1.92. The van der Waals surface area contributed by atoms with Crippen molar-refractivity contribution in [3.63, 3.8) is 0 Å². The molecule has 49 heavy (non-hydrogen) atoms. The number of hydrogen-bond acceptors (Lipinski definition) is 7. The number of nitrogens with two attached hydrogens (primary N) is 3. The van der Waals surface area contributed by atoms with Gasteiger partial charge in [-0.05, 0) is 146 Å². The van der Waals surface area contributed by atoms with Crippen molar-refractivity contribution >= 4 is 0 Å². The maximum atomic E-state index is 14.0. The SMILES string of the molecule is CCCCOc1cc(OCCCN)cc(-c2cc(-c3cc(OCCCN)cc(OCCCN)c3)cc(-c3cc(C)cc(C(F)(F)F)c3)c2)c1. The Morgan fingerprint density at radius 2 is 0.816 bits per heavy atom. The van der Waals surface area contributed by atoms with Crippen molar-refractivity contribution in [1.82, 2.24) is 0 Å². The van der Waals surface area contributed by atoms with Gasteiger partial charge in [0.05, 0.1) is 32.0 Å². The summed E-state index contributed by atoms with van der Waals surface area (Å²) in [5, 5.41) is 0. The van der Waals surface area contributed by atoms with E-state index in [-0.39, 0.29) is 0 Å². The largest absolute Gasteiger partial charge is 0.493 e. The lowest BCUT2D eigenvalue weighted by molar-refractivity contribution is -0.137. The van der Waals surface area contributed by atoms with Gasteiger partial charge in [-0.3, -0.25) is 0 Å². The van der Waals surface area contributed by atoms with Crippen LogP contribution < -0.4 is 36.1 Å². The van der Waals surface area contributed by atoms with Crippen LogP contribution in [-0.4, -0.2) is 46.1 Å². The van der Waals surface area contributed by atoms with Crippen molar-refractivity contribution < 1.29 is 32.1 Å². The fourth-order valence-electron chi connectivity index (χ4n) is 5.21. The Hall–Kier alpha value is -4.25. The highest BCUT2D eigenvalue weighted by molar-refractivity contribution is 5.83. The molecule has 0 atom stereocenters. The van der Waals surface area contributed by atoms with Gasteiger partial charge in [-0.2, -0.15) is 13.2 Å². The van der Waals surface area contributed by atoms with Crippen LogP contribution in [0.25, 0.3) is 33.4 Å². The van der Waals surface area contributed by atoms with E-state index in [2.05, 4.69) is 6.92 Å². The van der Waals surface area contributed by atoms with Gasteiger partial charge in [0, 0.05) is 12.1 Å². The van der Waals surface area contributed by atoms with Crippen LogP contribution >= 0.6 is 0 Å². The van der Waals surface area contributed by atoms with Crippen LogP contribution in [0, 0.1) is 6.92 Å². The Kier molecular flexibility index (Phi) is 14.2. The predicted molar refractivity (Wildman–Crippen MR) is 190 cm³/mol. The minimum Gasteiger partial charge on any atom is -0.493 e. The van der Waals surface area contributed by atoms with Crippen LogP contribution in [-0.2, 0) is 6.18 Å². The third kappa shape index (κ3) is 11.4. The molecule has 10 heteroatoms. The molecule has 0 unspecified atom stereocenters. The molecule has 0 aliphatic carbocycles. The second kappa shape index (κ2) is 18.5. The fourth-order valence-corrected chi connectivity index (χ4v) is 5.21. The first-order valence-electron chi connectivity index (χ1n) is 16.9. The number of hydrogen-bond donors (Lipinski definition) is 3. The molecule has 0 aromatic heterocycles. The van der Waals surface area contributed by atoms with Crippen LogP contribution in [0.4, 0.5) is 13.2 Å². The average Bonchev–Trinajstić information content (AvgIpc) is 3.08. The number of benzene rings is 4. The van der Waals surface area contributed by atoms with Crippen molar-refractivity contribution in [2.75, 3.05) is 46.1 Å². The van der Waals surface area contributed by atoms with Gasteiger partial charge in [0.15, 0.2) is 0 Å². The Bertz CT molecular complexity index is 1500. The Morgan fingerprint density at radius 3 is 1.16 bits per heavy atom. The standard InChI is InChI=1S/C39H48F3N3O4/c1-3-4-11-46-35-21-32(22-36(25-35)47-12-5-8-43)30-17-29(28-15-27(2)16-34(20-28)39(40,41)42)18-31(19-30)33-23-37(48-13-6-9-44)26-38(24-33)49-14-7-10-45/h15-26H,3-14,43-45H2,1-2H3. The zero-order chi connectivity index (χ0) is 35.2. The van der Waals surface area contributed by atoms with Crippen LogP contribution in [0.15, 0.2) is 72.8 Å². The van der Waals surface area contributed by atoms with Gasteiger partial charge in [-0.15, -0.1) is 0 Å². The molecule has 0 aliphatic heterocycles. The zero-order valence-electron chi connectivity index (χ0n) is 28.4. The number of unbranched alkanes of at least 4 members (excludes halogenated alkanes) is 1. The normalized spacial score (nSPS) is 11.4. The summed E-state index contributed by atoms with van der Waals surface area (Å²) in [6, 6.07) is 21.2. The molecule has 0 heterocycles. The van der Waals surface area contributed by atoms with E-state index in [4.69, 9.17) is 36.1 Å². The maximum absolute atomic E-state index is 14.0. The van der Waals surface area contributed by atoms with Crippen molar-refractivity contribution in [3.05, 3.63) is 83.9 Å². The molecule has 264 valence electrons. The van der Waals surface area contributed by atoms with Crippen molar-refractivity contribution in [2.24, 2.45) is 17.2 Å². The lowest BCUT2D eigenvalue weighted by Gasteiger charge is -2.17. The summed E-state index contributed by atoms with van der Waals surface area (Å²) in [5.74, 6) is 2.45. The van der Waals surface area contributed by atoms with Gasteiger partial charge in [-0.1, -0.05) is 19.4 Å². The van der Waals surface area contributed by atoms with E-state index in [0.29, 0.717) is 105 Å². The van der Waals surface area contributed by atoms with Crippen molar-refractivity contribution in [3.8, 4) is 56.4 Å². The van der Waals surface area contributed by atoms with Crippen molar-refractivity contribution in [1.29, 1.82) is 0 Å². The molecular formula is C39H48F3N3O4. The summed E-state index contributed by atoms with van der Waals surface area (Å²) in [7, 11) is 0. The van der Waals surface area contributed by atoms with Crippen molar-refractivity contribution in [2.45, 2.75) is 52.1 Å². The van der Waals surface area contributed by atoms with E-state index in [9.17, 15) is 13.2 Å². The minimum atomic E-state index is -4.49. The Morgan fingerprint density at radius 1 is 0.469 bits per heavy atom. The van der Waals surface area contributed by atoms with E-state index >= 15 is 0 Å². The van der Waals surface area contributed by atoms with E-state index < -0.39 is 11.7 Å². The molecule has 6 N–H and O–H groups in total. The van der Waals surface area contributed by atoms with Gasteiger partial charge in [0.1, 0.15) is 23.0 Å². The lowest BCUT2D eigenvalue weighted by Crippen LogP contribution is -2.07. The van der Waals surface area contributed by atoms with E-state index in [1.54, 1.807) is 13.0 Å². The molecule has 0 saturated heterocycles. The quantitative estimate of drug-likeness (QED) is 0.0853. The summed E-state index contributed by atoms with van der Waals surface area (Å²) in [4.78, 5) is 0. The molecule has 0 bridgehead atoms. The van der Waals surface area contributed by atoms with Gasteiger partial charge in [-0.25, -0.2) is 0 Å². The molecule has 4 aromatic rings. The molecule has 4 aromatic carbocycles. The first kappa shape index (κ1) is 37.6. The minimum absolute atomic E-state index is 0.425. The van der Waals surface area contributed by atoms with Gasteiger partial charge in [0.25, 0.3) is 0 Å². The summed E-state index contributed by atoms with van der Waals surface area (Å²) in [6.45, 7) is 7.06. The van der Waals surface area contributed by atoms with E-state index in [1.807, 2.05) is 54.6 Å². The smallest absolute Gasteiger partial charge is 0.416 e. The second-order valence-electron chi connectivity index (χ2n) is 11.9. The second-order valence-corrected chi connectivity index (χ2v) is 11.9. The highest BCUT2D eigenvalue weighted by Crippen LogP contribution is 2.40. The summed E-state index contributed by atoms with van der Waals surface area (Å²) < 4.78 is 66.1. The monoisotopic (exact) mass is 679 g/mol. The Labute approximate surface area is 287 Å². The number of ether oxygens (including phenoxy) is 4. The number of halogens is 3. The van der Waals surface area contributed by atoms with E-state index in [0.717, 1.165) is 41.2 Å². The molecule has 0 radical (unpaired) electrons. The fraction of sp³-hybridized carbons (Fsp3) is 0.385. The number of alkyl halides is 3. The molecule has 0 amide bonds.